The molecule has 6 nitrogen and oxygen atoms in total. The van der Waals surface area contributed by atoms with E-state index in [1.54, 1.807) is 11.2 Å². The summed E-state index contributed by atoms with van der Waals surface area (Å²) in [6.07, 6.45) is 8.46. The fraction of sp³-hybridized carbons (Fsp3) is 0.571. The molecule has 1 aromatic carbocycles. The highest BCUT2D eigenvalue weighted by molar-refractivity contribution is 5.96. The zero-order valence-corrected chi connectivity index (χ0v) is 16.3. The molecule has 1 fully saturated rings. The van der Waals surface area contributed by atoms with Crippen LogP contribution in [0.3, 0.4) is 0 Å². The van der Waals surface area contributed by atoms with Gasteiger partial charge in [-0.15, -0.1) is 0 Å². The standard InChI is InChI=1S/C21H29N3O3/c1-3-27-20(25)10-7-13-24-15-22-18-14-17(11-12-19(18)24)23(2)21(26)16-8-5-4-6-9-16/h11-12,14-16H,3-10,13H2,1-2H3. The first-order chi connectivity index (χ1) is 13.1. The molecule has 6 heteroatoms. The molecule has 1 aliphatic carbocycles. The summed E-state index contributed by atoms with van der Waals surface area (Å²) in [5.74, 6) is 0.204. The number of ether oxygens (including phenoxy) is 1. The van der Waals surface area contributed by atoms with Gasteiger partial charge in [-0.05, 0) is 44.4 Å². The van der Waals surface area contributed by atoms with Gasteiger partial charge in [0.25, 0.3) is 0 Å². The van der Waals surface area contributed by atoms with Gasteiger partial charge in [-0.1, -0.05) is 19.3 Å². The number of benzene rings is 1. The SMILES string of the molecule is CCOC(=O)CCCn1cnc2cc(N(C)C(=O)C3CCCCC3)ccc21. The van der Waals surface area contributed by atoms with Gasteiger partial charge in [-0.2, -0.15) is 0 Å². The van der Waals surface area contributed by atoms with E-state index in [9.17, 15) is 9.59 Å². The van der Waals surface area contributed by atoms with Crippen LogP contribution in [0.1, 0.15) is 51.9 Å². The third-order valence-corrected chi connectivity index (χ3v) is 5.36. The second-order valence-electron chi connectivity index (χ2n) is 7.25. The van der Waals surface area contributed by atoms with Crippen molar-refractivity contribution in [3.05, 3.63) is 24.5 Å². The third-order valence-electron chi connectivity index (χ3n) is 5.36. The Labute approximate surface area is 160 Å². The Morgan fingerprint density at radius 3 is 2.78 bits per heavy atom. The maximum Gasteiger partial charge on any atom is 0.305 e. The van der Waals surface area contributed by atoms with Gasteiger partial charge in [0.2, 0.25) is 5.91 Å². The number of anilines is 1. The molecule has 1 saturated carbocycles. The summed E-state index contributed by atoms with van der Waals surface area (Å²) in [6.45, 7) is 2.95. The van der Waals surface area contributed by atoms with Gasteiger partial charge >= 0.3 is 5.97 Å². The Balaban J connectivity index is 1.65. The minimum absolute atomic E-state index is 0.153. The van der Waals surface area contributed by atoms with Crippen molar-refractivity contribution < 1.29 is 14.3 Å². The maximum atomic E-state index is 12.8. The first-order valence-corrected chi connectivity index (χ1v) is 9.98. The number of rotatable bonds is 7. The highest BCUT2D eigenvalue weighted by atomic mass is 16.5. The molecule has 0 atom stereocenters. The van der Waals surface area contributed by atoms with E-state index in [0.717, 1.165) is 42.4 Å². The molecule has 0 saturated heterocycles. The van der Waals surface area contributed by atoms with Crippen LogP contribution < -0.4 is 4.90 Å². The Hall–Kier alpha value is -2.37. The number of carbonyl (C=O) groups is 2. The topological polar surface area (TPSA) is 64.4 Å². The molecule has 0 radical (unpaired) electrons. The van der Waals surface area contributed by atoms with Crippen LogP contribution in [0.15, 0.2) is 24.5 Å². The predicted molar refractivity (Wildman–Crippen MR) is 106 cm³/mol. The first-order valence-electron chi connectivity index (χ1n) is 9.98. The van der Waals surface area contributed by atoms with Crippen molar-refractivity contribution in [2.75, 3.05) is 18.6 Å². The zero-order valence-electron chi connectivity index (χ0n) is 16.3. The average Bonchev–Trinajstić information content (AvgIpc) is 3.10. The summed E-state index contributed by atoms with van der Waals surface area (Å²) in [4.78, 5) is 30.5. The molecule has 1 amide bonds. The number of amides is 1. The molecule has 27 heavy (non-hydrogen) atoms. The lowest BCUT2D eigenvalue weighted by Crippen LogP contribution is -2.33. The van der Waals surface area contributed by atoms with Crippen LogP contribution in [-0.4, -0.2) is 35.1 Å². The van der Waals surface area contributed by atoms with Crippen LogP contribution in [0.2, 0.25) is 0 Å². The molecule has 0 bridgehead atoms. The molecule has 0 N–H and O–H groups in total. The highest BCUT2D eigenvalue weighted by Crippen LogP contribution is 2.28. The number of fused-ring (bicyclic) bond motifs is 1. The number of aromatic nitrogens is 2. The zero-order chi connectivity index (χ0) is 19.2. The summed E-state index contributed by atoms with van der Waals surface area (Å²) < 4.78 is 7.00. The lowest BCUT2D eigenvalue weighted by Gasteiger charge is -2.26. The normalized spacial score (nSPS) is 15.0. The van der Waals surface area contributed by atoms with Crippen molar-refractivity contribution in [2.45, 2.75) is 58.4 Å². The number of imidazole rings is 1. The average molecular weight is 371 g/mol. The van der Waals surface area contributed by atoms with E-state index in [-0.39, 0.29) is 17.8 Å². The van der Waals surface area contributed by atoms with Crippen LogP contribution in [0.5, 0.6) is 0 Å². The van der Waals surface area contributed by atoms with Crippen molar-refractivity contribution in [1.29, 1.82) is 0 Å². The third kappa shape index (κ3) is 4.67. The van der Waals surface area contributed by atoms with Gasteiger partial charge in [-0.25, -0.2) is 4.98 Å². The number of nitrogens with zero attached hydrogens (tertiary/aromatic N) is 3. The number of aryl methyl sites for hydroxylation is 1. The van der Waals surface area contributed by atoms with Crippen LogP contribution in [0.25, 0.3) is 11.0 Å². The molecule has 2 aromatic rings. The van der Waals surface area contributed by atoms with Gasteiger partial charge in [0.1, 0.15) is 0 Å². The van der Waals surface area contributed by atoms with Gasteiger partial charge < -0.3 is 14.2 Å². The van der Waals surface area contributed by atoms with Crippen LogP contribution >= 0.6 is 0 Å². The fourth-order valence-electron chi connectivity index (χ4n) is 3.82. The second-order valence-corrected chi connectivity index (χ2v) is 7.25. The minimum atomic E-state index is -0.160. The Morgan fingerprint density at radius 1 is 1.26 bits per heavy atom. The van der Waals surface area contributed by atoms with Crippen molar-refractivity contribution in [3.63, 3.8) is 0 Å². The van der Waals surface area contributed by atoms with E-state index < -0.39 is 0 Å². The molecule has 1 aromatic heterocycles. The van der Waals surface area contributed by atoms with E-state index in [0.29, 0.717) is 26.0 Å². The predicted octanol–water partition coefficient (Wildman–Crippen LogP) is 3.92. The Morgan fingerprint density at radius 2 is 2.04 bits per heavy atom. The Bertz CT molecular complexity index is 793. The highest BCUT2D eigenvalue weighted by Gasteiger charge is 2.25. The van der Waals surface area contributed by atoms with E-state index in [1.807, 2.05) is 36.7 Å². The fourth-order valence-corrected chi connectivity index (χ4v) is 3.82. The largest absolute Gasteiger partial charge is 0.466 e. The summed E-state index contributed by atoms with van der Waals surface area (Å²) in [6, 6.07) is 5.96. The number of esters is 1. The summed E-state index contributed by atoms with van der Waals surface area (Å²) in [7, 11) is 1.86. The molecule has 1 aliphatic rings. The molecular weight excluding hydrogens is 342 g/mol. The van der Waals surface area contributed by atoms with E-state index in [1.165, 1.54) is 6.42 Å². The van der Waals surface area contributed by atoms with Gasteiger partial charge in [0.15, 0.2) is 0 Å². The summed E-state index contributed by atoms with van der Waals surface area (Å²) >= 11 is 0. The molecule has 3 rings (SSSR count). The van der Waals surface area contributed by atoms with Crippen molar-refractivity contribution in [1.82, 2.24) is 9.55 Å². The van der Waals surface area contributed by atoms with Gasteiger partial charge in [-0.3, -0.25) is 9.59 Å². The Kier molecular flexibility index (Phi) is 6.48. The molecule has 0 unspecified atom stereocenters. The van der Waals surface area contributed by atoms with E-state index >= 15 is 0 Å². The molecule has 146 valence electrons. The van der Waals surface area contributed by atoms with Gasteiger partial charge in [0.05, 0.1) is 24.0 Å². The van der Waals surface area contributed by atoms with Gasteiger partial charge in [0, 0.05) is 31.6 Å². The van der Waals surface area contributed by atoms with Crippen molar-refractivity contribution in [3.8, 4) is 0 Å². The number of carbonyl (C=O) groups excluding carboxylic acids is 2. The smallest absolute Gasteiger partial charge is 0.305 e. The quantitative estimate of drug-likeness (QED) is 0.692. The summed E-state index contributed by atoms with van der Waals surface area (Å²) in [5.41, 5.74) is 2.77. The van der Waals surface area contributed by atoms with Crippen molar-refractivity contribution >= 4 is 28.6 Å². The summed E-state index contributed by atoms with van der Waals surface area (Å²) in [5, 5.41) is 0. The number of hydrogen-bond donors (Lipinski definition) is 0. The van der Waals surface area contributed by atoms with E-state index in [4.69, 9.17) is 4.74 Å². The second kappa shape index (κ2) is 9.02. The molecular formula is C21H29N3O3. The molecule has 1 heterocycles. The lowest BCUT2D eigenvalue weighted by molar-refractivity contribution is -0.143. The molecule has 0 spiro atoms. The minimum Gasteiger partial charge on any atom is -0.466 e. The van der Waals surface area contributed by atoms with Crippen molar-refractivity contribution in [2.24, 2.45) is 5.92 Å². The number of hydrogen-bond acceptors (Lipinski definition) is 4. The molecule has 0 aliphatic heterocycles. The van der Waals surface area contributed by atoms with E-state index in [2.05, 4.69) is 4.98 Å². The van der Waals surface area contributed by atoms with Crippen LogP contribution in [0.4, 0.5) is 5.69 Å². The first kappa shape index (κ1) is 19.4. The van der Waals surface area contributed by atoms with Crippen LogP contribution in [0, 0.1) is 5.92 Å². The van der Waals surface area contributed by atoms with Crippen LogP contribution in [-0.2, 0) is 20.9 Å². The maximum absolute atomic E-state index is 12.8. The monoisotopic (exact) mass is 371 g/mol. The lowest BCUT2D eigenvalue weighted by atomic mass is 9.88.